The zero-order chi connectivity index (χ0) is 60.8. The highest BCUT2D eigenvalue weighted by Gasteiger charge is 2.39. The number of amides is 6. The number of unbranched alkanes of at least 4 members (excludes halogenated alkanes) is 2. The van der Waals surface area contributed by atoms with Gasteiger partial charge in [-0.3, -0.25) is 33.6 Å². The lowest BCUT2D eigenvalue weighted by Gasteiger charge is -2.33. The number of carbonyl (C=O) groups excluding carboxylic acids is 8. The molecule has 0 unspecified atom stereocenters. The second-order valence-corrected chi connectivity index (χ2v) is 24.9. The van der Waals surface area contributed by atoms with E-state index in [4.69, 9.17) is 4.74 Å². The number of alkyl carbamates (subject to hydrolysis) is 1. The minimum Gasteiger partial charge on any atom is -0.508 e. The molecule has 6 rings (SSSR count). The average molecular weight is 1210 g/mol. The number of ketones is 2. The number of hydrogen-bond acceptors (Lipinski definition) is 14. The summed E-state index contributed by atoms with van der Waals surface area (Å²) in [4.78, 5) is 128. The molecule has 0 spiro atoms. The van der Waals surface area contributed by atoms with Crippen molar-refractivity contribution < 1.29 is 53.3 Å². The number of aliphatic hydroxyl groups is 1. The van der Waals surface area contributed by atoms with Crippen molar-refractivity contribution in [3.63, 3.8) is 0 Å². The van der Waals surface area contributed by atoms with Crippen molar-refractivity contribution >= 4 is 79.7 Å². The lowest BCUT2D eigenvalue weighted by Crippen LogP contribution is -2.59. The third-order valence-electron chi connectivity index (χ3n) is 14.6. The zero-order valence-corrected chi connectivity index (χ0v) is 50.6. The van der Waals surface area contributed by atoms with Gasteiger partial charge in [-0.15, -0.1) is 0 Å². The van der Waals surface area contributed by atoms with Crippen LogP contribution in [0.4, 0.5) is 4.79 Å². The van der Waals surface area contributed by atoms with Crippen LogP contribution >= 0.6 is 21.6 Å². The number of phenols is 1. The Morgan fingerprint density at radius 3 is 2.14 bits per heavy atom. The van der Waals surface area contributed by atoms with Gasteiger partial charge < -0.3 is 51.0 Å². The zero-order valence-electron chi connectivity index (χ0n) is 49.0. The summed E-state index contributed by atoms with van der Waals surface area (Å²) in [5, 5.41) is 34.3. The summed E-state index contributed by atoms with van der Waals surface area (Å²) in [6, 6.07) is 22.5. The summed E-state index contributed by atoms with van der Waals surface area (Å²) in [7, 11) is 4.48. The molecule has 85 heavy (non-hydrogen) atoms. The molecule has 0 bridgehead atoms. The highest BCUT2D eigenvalue weighted by Crippen LogP contribution is 2.30. The van der Waals surface area contributed by atoms with Crippen molar-refractivity contribution in [1.82, 2.24) is 41.0 Å². The Balaban J connectivity index is 0.0000132. The molecule has 7 N–H and O–H groups in total. The molecule has 1 aliphatic heterocycles. The molecule has 1 aliphatic rings. The van der Waals surface area contributed by atoms with E-state index in [9.17, 15) is 29.4 Å². The number of nitrogens with zero attached hydrogens (tertiary/aromatic N) is 3. The number of Topliss-reactive ketones (excluding diaryl/α,β-unsaturated/α-hetero) is 2. The summed E-state index contributed by atoms with van der Waals surface area (Å²) in [6.45, 7) is 9.61. The SMILES string of the molecule is C.CCCCN(CCSSc1ccccn1)C(=O)CC[C@H]1C(=O)C[C@@H](Cc2ccc(O)cc2)C(=O)N[C@H](Cc2c[nH]c3ccccc23)C(=O)C[C@@H](CCCCNC(=O)OC(C)(C)C)C(=O)N[C@@H]([C@@H](C)O)C(=O)N[C@@H](Cc2ccccc2)C(=O)N1C. The third-order valence-corrected chi connectivity index (χ3v) is 16.9. The number of aromatic nitrogens is 2. The minimum atomic E-state index is -1.63. The molecule has 1 fully saturated rings. The van der Waals surface area contributed by atoms with Gasteiger partial charge in [-0.25, -0.2) is 9.78 Å². The fourth-order valence-electron chi connectivity index (χ4n) is 10.1. The lowest BCUT2D eigenvalue weighted by molar-refractivity contribution is -0.144. The van der Waals surface area contributed by atoms with Gasteiger partial charge in [-0.1, -0.05) is 105 Å². The van der Waals surface area contributed by atoms with Gasteiger partial charge in [-0.2, -0.15) is 0 Å². The van der Waals surface area contributed by atoms with Gasteiger partial charge in [0.15, 0.2) is 11.6 Å². The molecule has 3 heterocycles. The van der Waals surface area contributed by atoms with E-state index in [2.05, 4.69) is 31.2 Å². The summed E-state index contributed by atoms with van der Waals surface area (Å²) in [5.41, 5.74) is 1.96. The maximum Gasteiger partial charge on any atom is 0.407 e. The summed E-state index contributed by atoms with van der Waals surface area (Å²) in [5.74, 6) is -6.07. The molecule has 0 aliphatic carbocycles. The summed E-state index contributed by atoms with van der Waals surface area (Å²) in [6.07, 6.45) is 2.31. The first-order valence-electron chi connectivity index (χ1n) is 28.9. The quantitative estimate of drug-likeness (QED) is 0.0240. The molecule has 0 radical (unpaired) electrons. The van der Waals surface area contributed by atoms with Gasteiger partial charge >= 0.3 is 6.09 Å². The topological polar surface area (TPSA) is 270 Å². The van der Waals surface area contributed by atoms with Crippen LogP contribution in [-0.4, -0.2) is 145 Å². The molecule has 2 aromatic heterocycles. The van der Waals surface area contributed by atoms with Crippen molar-refractivity contribution in [1.29, 1.82) is 0 Å². The number of aromatic hydroxyl groups is 1. The number of phenolic OH excluding ortho intramolecular Hbond substituents is 1. The van der Waals surface area contributed by atoms with Gasteiger partial charge in [0, 0.05) is 99.7 Å². The van der Waals surface area contributed by atoms with Crippen LogP contribution < -0.4 is 21.3 Å². The van der Waals surface area contributed by atoms with E-state index >= 15 is 19.2 Å². The van der Waals surface area contributed by atoms with Gasteiger partial charge in [0.1, 0.15) is 28.5 Å². The van der Waals surface area contributed by atoms with E-state index in [-0.39, 0.29) is 64.2 Å². The Labute approximate surface area is 507 Å². The van der Waals surface area contributed by atoms with Crippen molar-refractivity contribution in [2.45, 2.75) is 160 Å². The van der Waals surface area contributed by atoms with Gasteiger partial charge in [0.25, 0.3) is 0 Å². The number of nitrogens with one attached hydrogen (secondary N) is 5. The molecule has 19 nitrogen and oxygen atoms in total. The Morgan fingerprint density at radius 2 is 1.45 bits per heavy atom. The Hall–Kier alpha value is -7.23. The monoisotopic (exact) mass is 1210 g/mol. The normalized spacial score (nSPS) is 19.8. The number of H-pyrrole nitrogens is 1. The average Bonchev–Trinajstić information content (AvgIpc) is 3.91. The van der Waals surface area contributed by atoms with E-state index < -0.39 is 102 Å². The first kappa shape index (κ1) is 68.5. The number of aliphatic hydroxyl groups excluding tert-OH is 1. The van der Waals surface area contributed by atoms with E-state index in [1.165, 1.54) is 41.8 Å². The van der Waals surface area contributed by atoms with Gasteiger partial charge in [-0.05, 0) is 118 Å². The first-order chi connectivity index (χ1) is 40.2. The van der Waals surface area contributed by atoms with E-state index in [1.54, 1.807) is 91.3 Å². The number of aromatic amines is 1. The third kappa shape index (κ3) is 22.0. The maximum absolute atomic E-state index is 15.4. The molecule has 5 aromatic rings. The maximum atomic E-state index is 15.4. The second kappa shape index (κ2) is 34.1. The van der Waals surface area contributed by atoms with Crippen LogP contribution in [0.15, 0.2) is 114 Å². The Bertz CT molecular complexity index is 2980. The lowest BCUT2D eigenvalue weighted by atomic mass is 9.87. The molecular formula is C64H86N8O11S2. The minimum absolute atomic E-state index is 0. The summed E-state index contributed by atoms with van der Waals surface area (Å²) < 4.78 is 5.37. The van der Waals surface area contributed by atoms with Crippen LogP contribution in [0.5, 0.6) is 5.75 Å². The highest BCUT2D eigenvalue weighted by molar-refractivity contribution is 8.76. The van der Waals surface area contributed by atoms with Crippen molar-refractivity contribution in [3.8, 4) is 5.75 Å². The highest BCUT2D eigenvalue weighted by atomic mass is 33.1. The van der Waals surface area contributed by atoms with Crippen LogP contribution in [0.25, 0.3) is 10.9 Å². The van der Waals surface area contributed by atoms with Crippen molar-refractivity contribution in [2.75, 3.05) is 32.4 Å². The molecule has 7 atom stereocenters. The molecule has 460 valence electrons. The second-order valence-electron chi connectivity index (χ2n) is 22.4. The molecule has 6 amide bonds. The number of carbonyl (C=O) groups is 8. The van der Waals surface area contributed by atoms with Crippen LogP contribution in [0, 0.1) is 11.8 Å². The number of pyridine rings is 1. The predicted molar refractivity (Wildman–Crippen MR) is 332 cm³/mol. The molecule has 3 aromatic carbocycles. The molecule has 1 saturated heterocycles. The number of ether oxygens (including phenoxy) is 1. The molecule has 21 heteroatoms. The number of likely N-dealkylation sites (N-methyl/N-ethyl adjacent to an activating group) is 1. The van der Waals surface area contributed by atoms with Crippen molar-refractivity contribution in [2.24, 2.45) is 11.8 Å². The standard InChI is InChI=1S/C63H82N8O11S2.CH4/c1-7-8-32-71(33-34-83-84-55-23-15-17-30-64-55)56(76)29-28-52-54(75)39-45(35-43-24-26-47(73)27-25-43)59(78)67-50(37-46-40-66-49-22-13-12-21-48(46)49)53(74)38-44(20-14-16-31-65-62(81)82-63(3,4)5)58(77)69-57(41(2)72)60(79)68-51(61(80)70(52)6)36-42-18-10-9-11-19-42;/h9-13,15,17-19,21-27,30,40-41,44-45,50-52,57,66,72-73H,7-8,14,16,20,28-29,31-39H2,1-6H3,(H,65,81)(H,67,78)(H,68,79)(H,69,77);1H4/t41-,44-,45-,50-,51+,52+,57+;/m1./s1. The fourth-order valence-corrected chi connectivity index (χ4v) is 11.9. The van der Waals surface area contributed by atoms with Crippen LogP contribution in [-0.2, 0) is 57.6 Å². The largest absolute Gasteiger partial charge is 0.508 e. The van der Waals surface area contributed by atoms with E-state index in [0.29, 0.717) is 48.4 Å². The van der Waals surface area contributed by atoms with Crippen LogP contribution in [0.3, 0.4) is 0 Å². The number of para-hydroxylation sites is 1. The Morgan fingerprint density at radius 1 is 0.776 bits per heavy atom. The van der Waals surface area contributed by atoms with Crippen LogP contribution in [0.1, 0.15) is 117 Å². The Kier molecular flexibility index (Phi) is 27.5. The van der Waals surface area contributed by atoms with Crippen molar-refractivity contribution in [3.05, 3.63) is 126 Å². The number of fused-ring (bicyclic) bond motifs is 1. The van der Waals surface area contributed by atoms with E-state index in [0.717, 1.165) is 28.8 Å². The molecule has 0 saturated carbocycles. The van der Waals surface area contributed by atoms with Gasteiger partial charge in [0.2, 0.25) is 29.5 Å². The smallest absolute Gasteiger partial charge is 0.407 e. The van der Waals surface area contributed by atoms with Crippen LogP contribution in [0.2, 0.25) is 0 Å². The number of hydrogen-bond donors (Lipinski definition) is 7. The fraction of sp³-hybridized carbons (Fsp3) is 0.484. The molecular weight excluding hydrogens is 1120 g/mol. The van der Waals surface area contributed by atoms with E-state index in [1.807, 2.05) is 49.4 Å². The predicted octanol–water partition coefficient (Wildman–Crippen LogP) is 8.30. The number of benzene rings is 3. The summed E-state index contributed by atoms with van der Waals surface area (Å²) >= 11 is 0. The number of rotatable bonds is 23. The first-order valence-corrected chi connectivity index (χ1v) is 31.2. The van der Waals surface area contributed by atoms with Gasteiger partial charge in [0.05, 0.1) is 18.2 Å².